The Hall–Kier alpha value is -4.13. The first-order chi connectivity index (χ1) is 16.1. The first-order valence-electron chi connectivity index (χ1n) is 9.58. The van der Waals surface area contributed by atoms with Crippen LogP contribution in [0.15, 0.2) is 53.3 Å². The standard InChI is InChI=1S/C21H12F5N5O3/c22-20(23,21(24,25)26)15-7-13(10-1-3-11(33)4-2-10)12-5-6-16-29-17(19-30-27-9-34-19)14(8-32)31(16)18(12)28-15/h1-7,9,32-33H,8H2. The third-order valence-electron chi connectivity index (χ3n) is 5.22. The fraction of sp³-hybridized carbons (Fsp3) is 0.143. The molecule has 0 unspecified atom stereocenters. The van der Waals surface area contributed by atoms with Gasteiger partial charge in [0.05, 0.1) is 12.3 Å². The topological polar surface area (TPSA) is 110 Å². The second kappa shape index (κ2) is 7.45. The molecule has 34 heavy (non-hydrogen) atoms. The molecule has 0 amide bonds. The molecule has 1 aromatic carbocycles. The Morgan fingerprint density at radius 1 is 0.971 bits per heavy atom. The lowest BCUT2D eigenvalue weighted by atomic mass is 10.00. The molecule has 8 nitrogen and oxygen atoms in total. The summed E-state index contributed by atoms with van der Waals surface area (Å²) in [6.07, 6.45) is -4.89. The van der Waals surface area contributed by atoms with Gasteiger partial charge in [-0.1, -0.05) is 12.1 Å². The summed E-state index contributed by atoms with van der Waals surface area (Å²) < 4.78 is 74.9. The van der Waals surface area contributed by atoms with E-state index >= 15 is 0 Å². The number of imidazole rings is 1. The number of hydrogen-bond acceptors (Lipinski definition) is 7. The van der Waals surface area contributed by atoms with Gasteiger partial charge >= 0.3 is 12.1 Å². The van der Waals surface area contributed by atoms with Crippen molar-refractivity contribution >= 4 is 16.7 Å². The molecule has 13 heteroatoms. The first kappa shape index (κ1) is 21.7. The SMILES string of the molecule is OCc1c(-c2nnco2)nc2ccc3c(-c4ccc(O)cc4)cc(C(F)(F)C(F)(F)F)nc3n12. The Bertz CT molecular complexity index is 1510. The van der Waals surface area contributed by atoms with E-state index in [-0.39, 0.29) is 50.8 Å². The second-order valence-corrected chi connectivity index (χ2v) is 7.25. The average molecular weight is 477 g/mol. The normalized spacial score (nSPS) is 12.6. The lowest BCUT2D eigenvalue weighted by Gasteiger charge is -2.21. The number of benzene rings is 1. The first-order valence-corrected chi connectivity index (χ1v) is 9.58. The minimum atomic E-state index is -5.91. The number of pyridine rings is 2. The molecule has 4 heterocycles. The highest BCUT2D eigenvalue weighted by Crippen LogP contribution is 2.45. The van der Waals surface area contributed by atoms with E-state index < -0.39 is 24.4 Å². The zero-order chi connectivity index (χ0) is 24.3. The molecule has 0 fully saturated rings. The van der Waals surface area contributed by atoms with Crippen LogP contribution in [0.1, 0.15) is 11.4 Å². The third kappa shape index (κ3) is 3.23. The summed E-state index contributed by atoms with van der Waals surface area (Å²) >= 11 is 0. The molecular weight excluding hydrogens is 465 g/mol. The zero-order valence-electron chi connectivity index (χ0n) is 16.8. The molecule has 0 aliphatic heterocycles. The highest BCUT2D eigenvalue weighted by Gasteiger charge is 2.60. The van der Waals surface area contributed by atoms with Crippen LogP contribution in [0, 0.1) is 0 Å². The van der Waals surface area contributed by atoms with E-state index in [1.54, 1.807) is 0 Å². The van der Waals surface area contributed by atoms with Gasteiger partial charge in [-0.05, 0) is 41.5 Å². The largest absolute Gasteiger partial charge is 0.508 e. The van der Waals surface area contributed by atoms with E-state index in [2.05, 4.69) is 20.2 Å². The van der Waals surface area contributed by atoms with Crippen molar-refractivity contribution < 1.29 is 36.6 Å². The molecule has 0 aliphatic rings. The van der Waals surface area contributed by atoms with Gasteiger partial charge in [0.15, 0.2) is 5.69 Å². The maximum absolute atomic E-state index is 14.4. The monoisotopic (exact) mass is 477 g/mol. The van der Waals surface area contributed by atoms with Crippen LogP contribution in [0.5, 0.6) is 5.75 Å². The zero-order valence-corrected chi connectivity index (χ0v) is 16.8. The fourth-order valence-electron chi connectivity index (χ4n) is 3.63. The molecule has 0 bridgehead atoms. The van der Waals surface area contributed by atoms with Crippen molar-refractivity contribution in [1.29, 1.82) is 0 Å². The molecule has 4 aromatic heterocycles. The summed E-state index contributed by atoms with van der Waals surface area (Å²) in [5.74, 6) is -5.48. The minimum absolute atomic E-state index is 0.00137. The lowest BCUT2D eigenvalue weighted by molar-refractivity contribution is -0.290. The van der Waals surface area contributed by atoms with Crippen molar-refractivity contribution in [3.05, 3.63) is 60.2 Å². The Morgan fingerprint density at radius 3 is 2.32 bits per heavy atom. The molecule has 5 aromatic rings. The number of hydrogen-bond donors (Lipinski definition) is 2. The number of aromatic nitrogens is 5. The number of fused-ring (bicyclic) bond motifs is 3. The number of halogens is 5. The van der Waals surface area contributed by atoms with Crippen LogP contribution in [-0.4, -0.2) is 41.0 Å². The Morgan fingerprint density at radius 2 is 1.71 bits per heavy atom. The number of aliphatic hydroxyl groups excluding tert-OH is 1. The van der Waals surface area contributed by atoms with Crippen LogP contribution < -0.4 is 0 Å². The number of alkyl halides is 5. The van der Waals surface area contributed by atoms with Gasteiger partial charge in [0, 0.05) is 5.39 Å². The van der Waals surface area contributed by atoms with Crippen LogP contribution in [-0.2, 0) is 12.5 Å². The molecule has 0 atom stereocenters. The van der Waals surface area contributed by atoms with Crippen molar-refractivity contribution in [2.24, 2.45) is 0 Å². The number of phenolic OH excluding ortho intramolecular Hbond substituents is 1. The highest BCUT2D eigenvalue weighted by atomic mass is 19.4. The molecule has 0 saturated carbocycles. The molecule has 174 valence electrons. The second-order valence-electron chi connectivity index (χ2n) is 7.25. The Balaban J connectivity index is 1.91. The van der Waals surface area contributed by atoms with Gasteiger partial charge in [0.1, 0.15) is 22.7 Å². The number of phenols is 1. The van der Waals surface area contributed by atoms with E-state index in [4.69, 9.17) is 4.42 Å². The number of nitrogens with zero attached hydrogens (tertiary/aromatic N) is 5. The molecule has 2 N–H and O–H groups in total. The van der Waals surface area contributed by atoms with Crippen LogP contribution in [0.4, 0.5) is 22.0 Å². The Kier molecular flexibility index (Phi) is 4.75. The van der Waals surface area contributed by atoms with Crippen molar-refractivity contribution in [2.75, 3.05) is 0 Å². The maximum atomic E-state index is 14.4. The van der Waals surface area contributed by atoms with E-state index in [1.807, 2.05) is 0 Å². The van der Waals surface area contributed by atoms with Gasteiger partial charge in [0.25, 0.3) is 5.89 Å². The van der Waals surface area contributed by atoms with Gasteiger partial charge in [-0.3, -0.25) is 4.40 Å². The van der Waals surface area contributed by atoms with E-state index in [9.17, 15) is 32.2 Å². The van der Waals surface area contributed by atoms with Gasteiger partial charge in [-0.15, -0.1) is 10.2 Å². The Labute approximate surface area is 185 Å². The fourth-order valence-corrected chi connectivity index (χ4v) is 3.63. The van der Waals surface area contributed by atoms with Crippen molar-refractivity contribution in [2.45, 2.75) is 18.7 Å². The maximum Gasteiger partial charge on any atom is 0.459 e. The third-order valence-corrected chi connectivity index (χ3v) is 5.22. The average Bonchev–Trinajstić information content (AvgIpc) is 3.45. The van der Waals surface area contributed by atoms with E-state index in [1.165, 1.54) is 36.4 Å². The lowest BCUT2D eigenvalue weighted by Crippen LogP contribution is -2.34. The predicted molar refractivity (Wildman–Crippen MR) is 107 cm³/mol. The quantitative estimate of drug-likeness (QED) is 0.368. The van der Waals surface area contributed by atoms with Crippen LogP contribution in [0.25, 0.3) is 39.4 Å². The van der Waals surface area contributed by atoms with Crippen molar-refractivity contribution in [3.8, 4) is 28.5 Å². The number of rotatable bonds is 4. The molecule has 0 saturated heterocycles. The van der Waals surface area contributed by atoms with E-state index in [0.717, 1.165) is 10.8 Å². The summed E-state index contributed by atoms with van der Waals surface area (Å²) in [7, 11) is 0. The summed E-state index contributed by atoms with van der Waals surface area (Å²) in [5, 5.41) is 27.0. The summed E-state index contributed by atoms with van der Waals surface area (Å²) in [6.45, 7) is -0.686. The molecule has 0 aliphatic carbocycles. The number of aliphatic hydroxyl groups is 1. The van der Waals surface area contributed by atoms with Gasteiger partial charge < -0.3 is 14.6 Å². The van der Waals surface area contributed by atoms with Crippen LogP contribution in [0.2, 0.25) is 0 Å². The van der Waals surface area contributed by atoms with Gasteiger partial charge in [-0.2, -0.15) is 22.0 Å². The van der Waals surface area contributed by atoms with Gasteiger partial charge in [-0.25, -0.2) is 9.97 Å². The molecule has 5 rings (SSSR count). The predicted octanol–water partition coefficient (Wildman–Crippen LogP) is 4.45. The highest BCUT2D eigenvalue weighted by molar-refractivity contribution is 5.95. The van der Waals surface area contributed by atoms with Crippen molar-refractivity contribution in [3.63, 3.8) is 0 Å². The van der Waals surface area contributed by atoms with Crippen LogP contribution in [0.3, 0.4) is 0 Å². The van der Waals surface area contributed by atoms with Gasteiger partial charge in [0.2, 0.25) is 6.39 Å². The molecular formula is C21H12F5N5O3. The summed E-state index contributed by atoms with van der Waals surface area (Å²) in [4.78, 5) is 7.93. The van der Waals surface area contributed by atoms with Crippen molar-refractivity contribution in [1.82, 2.24) is 24.6 Å². The smallest absolute Gasteiger partial charge is 0.459 e. The summed E-state index contributed by atoms with van der Waals surface area (Å²) in [6, 6.07) is 8.87. The minimum Gasteiger partial charge on any atom is -0.508 e. The van der Waals surface area contributed by atoms with E-state index in [0.29, 0.717) is 6.07 Å². The molecule has 0 radical (unpaired) electrons. The summed E-state index contributed by atoms with van der Waals surface area (Å²) in [5.41, 5.74) is -1.46. The molecule has 0 spiro atoms. The number of aromatic hydroxyl groups is 1. The van der Waals surface area contributed by atoms with Crippen LogP contribution >= 0.6 is 0 Å².